The molecule has 0 spiro atoms. The van der Waals surface area contributed by atoms with Gasteiger partial charge in [0.15, 0.2) is 0 Å². The molecule has 0 aromatic rings. The molecule has 0 saturated heterocycles. The SMILES string of the molecule is C=CCCC(CBr)CCC=C. The average molecular weight is 217 g/mol. The predicted octanol–water partition coefficient (Wildman–Crippen LogP) is 3.93. The molecule has 0 aromatic carbocycles. The van der Waals surface area contributed by atoms with E-state index < -0.39 is 0 Å². The van der Waals surface area contributed by atoms with Gasteiger partial charge in [-0.1, -0.05) is 28.1 Å². The fourth-order valence-corrected chi connectivity index (χ4v) is 1.65. The third-order valence-corrected chi connectivity index (χ3v) is 2.69. The monoisotopic (exact) mass is 216 g/mol. The number of hydrogen-bond acceptors (Lipinski definition) is 0. The summed E-state index contributed by atoms with van der Waals surface area (Å²) in [5.74, 6) is 0.797. The first-order valence-corrected chi connectivity index (χ1v) is 5.25. The van der Waals surface area contributed by atoms with Crippen LogP contribution in [0.5, 0.6) is 0 Å². The summed E-state index contributed by atoms with van der Waals surface area (Å²) in [5, 5.41) is 1.11. The van der Waals surface area contributed by atoms with Gasteiger partial charge in [-0.2, -0.15) is 0 Å². The van der Waals surface area contributed by atoms with Crippen molar-refractivity contribution in [2.75, 3.05) is 5.33 Å². The van der Waals surface area contributed by atoms with Gasteiger partial charge in [-0.3, -0.25) is 0 Å². The number of alkyl halides is 1. The maximum Gasteiger partial charge on any atom is 0.00598 e. The molecular formula is C10H17Br. The van der Waals surface area contributed by atoms with Crippen molar-refractivity contribution in [3.05, 3.63) is 25.3 Å². The molecule has 0 aromatic heterocycles. The van der Waals surface area contributed by atoms with Crippen LogP contribution in [0.4, 0.5) is 0 Å². The largest absolute Gasteiger partial charge is 0.103 e. The number of rotatable bonds is 7. The molecule has 0 unspecified atom stereocenters. The number of hydrogen-bond donors (Lipinski definition) is 0. The molecule has 0 nitrogen and oxygen atoms in total. The van der Waals surface area contributed by atoms with Crippen LogP contribution in [0.25, 0.3) is 0 Å². The van der Waals surface area contributed by atoms with Crippen LogP contribution in [0.3, 0.4) is 0 Å². The van der Waals surface area contributed by atoms with E-state index in [0.29, 0.717) is 0 Å². The zero-order valence-electron chi connectivity index (χ0n) is 7.06. The first-order valence-electron chi connectivity index (χ1n) is 4.12. The average Bonchev–Trinajstić information content (AvgIpc) is 2.05. The fourth-order valence-electron chi connectivity index (χ4n) is 1.01. The summed E-state index contributed by atoms with van der Waals surface area (Å²) in [4.78, 5) is 0. The van der Waals surface area contributed by atoms with E-state index in [0.717, 1.165) is 24.1 Å². The number of allylic oxidation sites excluding steroid dienone is 2. The molecule has 0 radical (unpaired) electrons. The van der Waals surface area contributed by atoms with Gasteiger partial charge in [0.1, 0.15) is 0 Å². The van der Waals surface area contributed by atoms with Crippen LogP contribution >= 0.6 is 15.9 Å². The lowest BCUT2D eigenvalue weighted by Crippen LogP contribution is -2.00. The van der Waals surface area contributed by atoms with Gasteiger partial charge < -0.3 is 0 Å². The highest BCUT2D eigenvalue weighted by molar-refractivity contribution is 9.09. The Labute approximate surface area is 78.5 Å². The van der Waals surface area contributed by atoms with Crippen molar-refractivity contribution in [3.63, 3.8) is 0 Å². The van der Waals surface area contributed by atoms with Crippen LogP contribution < -0.4 is 0 Å². The first kappa shape index (κ1) is 11.0. The van der Waals surface area contributed by atoms with Crippen molar-refractivity contribution in [2.45, 2.75) is 25.7 Å². The lowest BCUT2D eigenvalue weighted by atomic mass is 10.00. The van der Waals surface area contributed by atoms with E-state index >= 15 is 0 Å². The summed E-state index contributed by atoms with van der Waals surface area (Å²) in [6, 6.07) is 0. The third kappa shape index (κ3) is 6.36. The highest BCUT2D eigenvalue weighted by Gasteiger charge is 2.03. The smallest absolute Gasteiger partial charge is 0.00598 e. The minimum absolute atomic E-state index is 0.797. The molecule has 0 rings (SSSR count). The summed E-state index contributed by atoms with van der Waals surface area (Å²) < 4.78 is 0. The second kappa shape index (κ2) is 8.06. The Hall–Kier alpha value is -0.0400. The maximum atomic E-state index is 3.71. The zero-order chi connectivity index (χ0) is 8.53. The normalized spacial score (nSPS) is 10.0. The van der Waals surface area contributed by atoms with Gasteiger partial charge in [0, 0.05) is 5.33 Å². The molecule has 1 heteroatoms. The summed E-state index contributed by atoms with van der Waals surface area (Å²) in [6.07, 6.45) is 8.75. The van der Waals surface area contributed by atoms with Gasteiger partial charge in [0.2, 0.25) is 0 Å². The Bertz CT molecular complexity index is 95.4. The van der Waals surface area contributed by atoms with E-state index in [9.17, 15) is 0 Å². The van der Waals surface area contributed by atoms with Crippen LogP contribution in [0.2, 0.25) is 0 Å². The van der Waals surface area contributed by atoms with Crippen LogP contribution in [0.1, 0.15) is 25.7 Å². The topological polar surface area (TPSA) is 0 Å². The van der Waals surface area contributed by atoms with Gasteiger partial charge in [0.25, 0.3) is 0 Å². The summed E-state index contributed by atoms with van der Waals surface area (Å²) >= 11 is 3.51. The molecule has 0 atom stereocenters. The zero-order valence-corrected chi connectivity index (χ0v) is 8.65. The van der Waals surface area contributed by atoms with Crippen LogP contribution in [0, 0.1) is 5.92 Å². The molecule has 0 aliphatic heterocycles. The molecule has 0 aliphatic carbocycles. The Morgan fingerprint density at radius 1 is 1.09 bits per heavy atom. The van der Waals surface area contributed by atoms with Crippen LogP contribution in [-0.2, 0) is 0 Å². The van der Waals surface area contributed by atoms with E-state index in [1.54, 1.807) is 0 Å². The molecule has 0 bridgehead atoms. The quantitative estimate of drug-likeness (QED) is 0.447. The van der Waals surface area contributed by atoms with Gasteiger partial charge in [-0.15, -0.1) is 13.2 Å². The molecule has 0 fully saturated rings. The van der Waals surface area contributed by atoms with Crippen molar-refractivity contribution in [2.24, 2.45) is 5.92 Å². The minimum atomic E-state index is 0.797. The molecular weight excluding hydrogens is 200 g/mol. The molecule has 0 aliphatic rings. The lowest BCUT2D eigenvalue weighted by molar-refractivity contribution is 0.513. The van der Waals surface area contributed by atoms with E-state index in [4.69, 9.17) is 0 Å². The lowest BCUT2D eigenvalue weighted by Gasteiger charge is -2.10. The number of halogens is 1. The second-order valence-electron chi connectivity index (χ2n) is 2.75. The molecule has 0 amide bonds. The van der Waals surface area contributed by atoms with E-state index in [1.807, 2.05) is 12.2 Å². The molecule has 11 heavy (non-hydrogen) atoms. The van der Waals surface area contributed by atoms with E-state index in [-0.39, 0.29) is 0 Å². The summed E-state index contributed by atoms with van der Waals surface area (Å²) in [5.41, 5.74) is 0. The van der Waals surface area contributed by atoms with Gasteiger partial charge in [-0.25, -0.2) is 0 Å². The second-order valence-corrected chi connectivity index (χ2v) is 3.40. The van der Waals surface area contributed by atoms with Crippen LogP contribution in [-0.4, -0.2) is 5.33 Å². The third-order valence-electron chi connectivity index (χ3n) is 1.78. The van der Waals surface area contributed by atoms with Gasteiger partial charge >= 0.3 is 0 Å². The fraction of sp³-hybridized carbons (Fsp3) is 0.600. The maximum absolute atomic E-state index is 3.71. The molecule has 0 heterocycles. The summed E-state index contributed by atoms with van der Waals surface area (Å²) in [7, 11) is 0. The Balaban J connectivity index is 3.39. The van der Waals surface area contributed by atoms with Crippen LogP contribution in [0.15, 0.2) is 25.3 Å². The first-order chi connectivity index (χ1) is 5.35. The molecule has 0 saturated carbocycles. The van der Waals surface area contributed by atoms with E-state index in [2.05, 4.69) is 29.1 Å². The highest BCUT2D eigenvalue weighted by Crippen LogP contribution is 2.16. The Morgan fingerprint density at radius 2 is 1.55 bits per heavy atom. The molecule has 0 N–H and O–H groups in total. The highest BCUT2D eigenvalue weighted by atomic mass is 79.9. The molecule has 64 valence electrons. The van der Waals surface area contributed by atoms with Crippen molar-refractivity contribution >= 4 is 15.9 Å². The van der Waals surface area contributed by atoms with Gasteiger partial charge in [-0.05, 0) is 31.6 Å². The minimum Gasteiger partial charge on any atom is -0.103 e. The standard InChI is InChI=1S/C10H17Br/c1-3-5-7-10(9-11)8-6-4-2/h3-4,10H,1-2,5-9H2. The van der Waals surface area contributed by atoms with Crippen molar-refractivity contribution in [3.8, 4) is 0 Å². The van der Waals surface area contributed by atoms with Gasteiger partial charge in [0.05, 0.1) is 0 Å². The predicted molar refractivity (Wildman–Crippen MR) is 56.1 cm³/mol. The van der Waals surface area contributed by atoms with Crippen molar-refractivity contribution < 1.29 is 0 Å². The van der Waals surface area contributed by atoms with Crippen molar-refractivity contribution in [1.29, 1.82) is 0 Å². The summed E-state index contributed by atoms with van der Waals surface area (Å²) in [6.45, 7) is 7.42. The Kier molecular flexibility index (Phi) is 8.03. The van der Waals surface area contributed by atoms with Crippen molar-refractivity contribution in [1.82, 2.24) is 0 Å². The van der Waals surface area contributed by atoms with E-state index in [1.165, 1.54) is 12.8 Å². The Morgan fingerprint density at radius 3 is 1.82 bits per heavy atom.